The first kappa shape index (κ1) is 10.9. The van der Waals surface area contributed by atoms with E-state index in [1.807, 2.05) is 30.3 Å². The van der Waals surface area contributed by atoms with E-state index in [4.69, 9.17) is 1.37 Å². The molecule has 0 spiro atoms. The second-order valence-corrected chi connectivity index (χ2v) is 5.49. The summed E-state index contributed by atoms with van der Waals surface area (Å²) < 4.78 is 37.8. The minimum Gasteiger partial charge on any atom is -0.239 e. The molecule has 1 aromatic heterocycles. The summed E-state index contributed by atoms with van der Waals surface area (Å²) in [5.41, 5.74) is 0.927. The molecule has 5 heteroatoms. The molecule has 0 bridgehead atoms. The third kappa shape index (κ3) is 1.84. The van der Waals surface area contributed by atoms with Crippen LogP contribution in [0.5, 0.6) is 0 Å². The summed E-state index contributed by atoms with van der Waals surface area (Å²) in [4.78, 5) is 3.99. The van der Waals surface area contributed by atoms with Gasteiger partial charge in [-0.2, -0.15) is 5.10 Å². The van der Waals surface area contributed by atoms with Gasteiger partial charge in [-0.05, 0) is 24.3 Å². The molecule has 1 aliphatic carbocycles. The van der Waals surface area contributed by atoms with E-state index in [9.17, 15) is 8.78 Å². The fourth-order valence-electron chi connectivity index (χ4n) is 2.75. The van der Waals surface area contributed by atoms with Crippen LogP contribution >= 0.6 is 0 Å². The molecule has 0 amide bonds. The Labute approximate surface area is 117 Å². The molecule has 1 saturated carbocycles. The van der Waals surface area contributed by atoms with Crippen molar-refractivity contribution in [2.24, 2.45) is 5.92 Å². The molecule has 0 saturated heterocycles. The lowest BCUT2D eigenvalue weighted by Gasteiger charge is -2.11. The largest absolute Gasteiger partial charge is 0.239 e. The third-order valence-electron chi connectivity index (χ3n) is 4.00. The molecule has 1 fully saturated rings. The summed E-state index contributed by atoms with van der Waals surface area (Å²) in [5.74, 6) is -0.397. The summed E-state index contributed by atoms with van der Waals surface area (Å²) in [6.07, 6.45) is -1.94. The fraction of sp³-hybridized carbons (Fsp3) is 0.467. The quantitative estimate of drug-likeness (QED) is 0.855. The van der Waals surface area contributed by atoms with Gasteiger partial charge in [0.05, 0.1) is 7.41 Å². The Balaban J connectivity index is 1.74. The van der Waals surface area contributed by atoms with E-state index >= 15 is 0 Å². The lowest BCUT2D eigenvalue weighted by molar-refractivity contribution is 0.283. The van der Waals surface area contributed by atoms with Gasteiger partial charge in [0.25, 0.3) is 0 Å². The van der Waals surface area contributed by atoms with Crippen molar-refractivity contribution in [2.75, 3.05) is 0 Å². The molecule has 0 N–H and O–H groups in total. The average Bonchev–Trinajstić information content (AvgIpc) is 3.17. The Morgan fingerprint density at radius 1 is 1.30 bits per heavy atom. The zero-order valence-electron chi connectivity index (χ0n) is 11.8. The highest BCUT2D eigenvalue weighted by molar-refractivity contribution is 5.23. The lowest BCUT2D eigenvalue weighted by atomic mass is 10.0. The van der Waals surface area contributed by atoms with Gasteiger partial charge in [0.15, 0.2) is 24.0 Å². The highest BCUT2D eigenvalue weighted by Crippen LogP contribution is 2.45. The predicted molar refractivity (Wildman–Crippen MR) is 69.6 cm³/mol. The number of halogens is 2. The Morgan fingerprint density at radius 2 is 2.05 bits per heavy atom. The summed E-state index contributed by atoms with van der Waals surface area (Å²) >= 11 is 0. The average molecular weight is 276 g/mol. The Bertz CT molecular complexity index is 667. The molecule has 0 radical (unpaired) electrons. The summed E-state index contributed by atoms with van der Waals surface area (Å²) in [7, 11) is 0. The SMILES string of the molecule is [2H][C@](F)(c1nc2n(n1)[C@H](c1ccccc1)C[C@@H]2F)C1CC1. The van der Waals surface area contributed by atoms with Crippen molar-refractivity contribution in [3.63, 3.8) is 0 Å². The van der Waals surface area contributed by atoms with Gasteiger partial charge in [0.1, 0.15) is 0 Å². The fourth-order valence-corrected chi connectivity index (χ4v) is 2.75. The molecule has 1 aliphatic heterocycles. The first-order valence-electron chi connectivity index (χ1n) is 7.42. The van der Waals surface area contributed by atoms with Crippen LogP contribution in [-0.2, 0) is 0 Å². The normalized spacial score (nSPS) is 28.8. The van der Waals surface area contributed by atoms with Gasteiger partial charge in [0.2, 0.25) is 0 Å². The van der Waals surface area contributed by atoms with Crippen molar-refractivity contribution in [1.29, 1.82) is 0 Å². The topological polar surface area (TPSA) is 30.7 Å². The van der Waals surface area contributed by atoms with Crippen LogP contribution in [0.25, 0.3) is 0 Å². The van der Waals surface area contributed by atoms with Gasteiger partial charge in [-0.15, -0.1) is 0 Å². The van der Waals surface area contributed by atoms with Crippen LogP contribution < -0.4 is 0 Å². The second-order valence-electron chi connectivity index (χ2n) is 5.49. The van der Waals surface area contributed by atoms with E-state index in [1.165, 1.54) is 4.68 Å². The third-order valence-corrected chi connectivity index (χ3v) is 4.00. The van der Waals surface area contributed by atoms with Gasteiger partial charge < -0.3 is 0 Å². The van der Waals surface area contributed by atoms with Crippen molar-refractivity contribution in [1.82, 2.24) is 14.8 Å². The maximum Gasteiger partial charge on any atom is 0.185 e. The number of hydrogen-bond donors (Lipinski definition) is 0. The molecule has 2 aliphatic rings. The zero-order chi connectivity index (χ0) is 14.6. The van der Waals surface area contributed by atoms with E-state index in [1.54, 1.807) is 0 Å². The van der Waals surface area contributed by atoms with Crippen LogP contribution in [0.2, 0.25) is 0 Å². The smallest absolute Gasteiger partial charge is 0.185 e. The Kier molecular flexibility index (Phi) is 2.39. The molecule has 2 aromatic rings. The molecule has 0 unspecified atom stereocenters. The van der Waals surface area contributed by atoms with Crippen molar-refractivity contribution >= 4 is 0 Å². The van der Waals surface area contributed by atoms with Gasteiger partial charge in [-0.1, -0.05) is 30.3 Å². The van der Waals surface area contributed by atoms with Crippen LogP contribution in [0.15, 0.2) is 30.3 Å². The number of hydrogen-bond acceptors (Lipinski definition) is 2. The molecule has 2 heterocycles. The predicted octanol–water partition coefficient (Wildman–Crippen LogP) is 3.70. The Hall–Kier alpha value is -1.78. The number of benzene rings is 1. The lowest BCUT2D eigenvalue weighted by Crippen LogP contribution is -2.08. The monoisotopic (exact) mass is 276 g/mol. The van der Waals surface area contributed by atoms with E-state index in [-0.39, 0.29) is 30.0 Å². The first-order chi connectivity index (χ1) is 10.1. The van der Waals surface area contributed by atoms with Gasteiger partial charge in [0, 0.05) is 6.42 Å². The molecule has 3 atom stereocenters. The molecule has 1 aromatic carbocycles. The van der Waals surface area contributed by atoms with Crippen LogP contribution in [0.3, 0.4) is 0 Å². The van der Waals surface area contributed by atoms with E-state index < -0.39 is 12.3 Å². The van der Waals surface area contributed by atoms with E-state index in [2.05, 4.69) is 10.1 Å². The molecular weight excluding hydrogens is 260 g/mol. The minimum atomic E-state index is -2.29. The highest BCUT2D eigenvalue weighted by Gasteiger charge is 2.40. The molecule has 20 heavy (non-hydrogen) atoms. The Morgan fingerprint density at radius 3 is 2.75 bits per heavy atom. The summed E-state index contributed by atoms with van der Waals surface area (Å²) in [6, 6.07) is 9.19. The second kappa shape index (κ2) is 4.36. The first-order valence-corrected chi connectivity index (χ1v) is 6.92. The summed E-state index contributed by atoms with van der Waals surface area (Å²) in [6.45, 7) is 0. The number of rotatable bonds is 3. The highest BCUT2D eigenvalue weighted by atomic mass is 19.1. The summed E-state index contributed by atoms with van der Waals surface area (Å²) in [5, 5.41) is 4.13. The number of fused-ring (bicyclic) bond motifs is 1. The van der Waals surface area contributed by atoms with Crippen molar-refractivity contribution in [3.05, 3.63) is 47.5 Å². The van der Waals surface area contributed by atoms with Crippen LogP contribution in [0, 0.1) is 5.92 Å². The maximum absolute atomic E-state index is 14.4. The van der Waals surface area contributed by atoms with Crippen LogP contribution in [0.4, 0.5) is 8.78 Å². The zero-order valence-corrected chi connectivity index (χ0v) is 10.8. The van der Waals surface area contributed by atoms with Crippen LogP contribution in [-0.4, -0.2) is 14.8 Å². The maximum atomic E-state index is 14.4. The molecule has 104 valence electrons. The standard InChI is InChI=1S/C15H15F2N3/c16-11-8-12(9-4-2-1-3-5-9)20-15(11)18-14(19-20)13(17)10-6-7-10/h1-5,10-13H,6-8H2/t11-,12-,13+/m0/s1/i13D. The van der Waals surface area contributed by atoms with Crippen LogP contribution in [0.1, 0.15) is 56.2 Å². The number of nitrogens with zero attached hydrogens (tertiary/aromatic N) is 3. The van der Waals surface area contributed by atoms with E-state index in [0.717, 1.165) is 5.56 Å². The minimum absolute atomic E-state index is 0.147. The van der Waals surface area contributed by atoms with Crippen molar-refractivity contribution in [3.8, 4) is 0 Å². The number of aromatic nitrogens is 3. The van der Waals surface area contributed by atoms with Crippen molar-refractivity contribution < 1.29 is 10.2 Å². The molecule has 4 rings (SSSR count). The van der Waals surface area contributed by atoms with Gasteiger partial charge in [-0.25, -0.2) is 18.4 Å². The molecular formula is C15H15F2N3. The van der Waals surface area contributed by atoms with Crippen molar-refractivity contribution in [2.45, 2.75) is 37.6 Å². The van der Waals surface area contributed by atoms with Gasteiger partial charge >= 0.3 is 0 Å². The molecule has 3 nitrogen and oxygen atoms in total. The van der Waals surface area contributed by atoms with Gasteiger partial charge in [-0.3, -0.25) is 0 Å². The number of alkyl halides is 2. The van der Waals surface area contributed by atoms with E-state index in [0.29, 0.717) is 12.8 Å².